The Hall–Kier alpha value is -3.13. The molecule has 0 aliphatic heterocycles. The molecule has 3 rings (SSSR count). The van der Waals surface area contributed by atoms with Crippen LogP contribution in [0.1, 0.15) is 11.4 Å². The molecule has 0 spiro atoms. The summed E-state index contributed by atoms with van der Waals surface area (Å²) in [4.78, 5) is 16.6. The molecule has 0 aliphatic rings. The minimum Gasteiger partial charge on any atom is -0.345 e. The average Bonchev–Trinajstić information content (AvgIpc) is 2.94. The van der Waals surface area contributed by atoms with E-state index in [0.717, 1.165) is 28.7 Å². The van der Waals surface area contributed by atoms with Gasteiger partial charge in [0, 0.05) is 18.8 Å². The highest BCUT2D eigenvalue weighted by Crippen LogP contribution is 2.14. The van der Waals surface area contributed by atoms with Crippen molar-refractivity contribution >= 4 is 38.7 Å². The summed E-state index contributed by atoms with van der Waals surface area (Å²) in [6.07, 6.45) is 4.19. The molecule has 140 valence electrons. The predicted molar refractivity (Wildman–Crippen MR) is 107 cm³/mol. The summed E-state index contributed by atoms with van der Waals surface area (Å²) in [6, 6.07) is 14.5. The zero-order valence-corrected chi connectivity index (χ0v) is 15.8. The summed E-state index contributed by atoms with van der Waals surface area (Å²) < 4.78 is 26.7. The number of amides is 1. The highest BCUT2D eigenvalue weighted by Gasteiger charge is 2.07. The van der Waals surface area contributed by atoms with Gasteiger partial charge < -0.3 is 9.88 Å². The highest BCUT2D eigenvalue weighted by atomic mass is 32.2. The van der Waals surface area contributed by atoms with Gasteiger partial charge in [-0.3, -0.25) is 9.52 Å². The van der Waals surface area contributed by atoms with Gasteiger partial charge in [0.1, 0.15) is 5.82 Å². The maximum atomic E-state index is 12.0. The first-order valence-electron chi connectivity index (χ1n) is 8.26. The van der Waals surface area contributed by atoms with Gasteiger partial charge in [-0.05, 0) is 35.9 Å². The van der Waals surface area contributed by atoms with Crippen LogP contribution >= 0.6 is 0 Å². The van der Waals surface area contributed by atoms with Crippen molar-refractivity contribution in [3.63, 3.8) is 0 Å². The van der Waals surface area contributed by atoms with E-state index in [1.165, 1.54) is 6.08 Å². The molecule has 1 heterocycles. The smallest absolute Gasteiger partial charge is 0.244 e. The number of rotatable bonds is 6. The number of benzene rings is 2. The molecule has 0 aliphatic carbocycles. The number of anilines is 1. The molecule has 0 saturated heterocycles. The Morgan fingerprint density at radius 2 is 1.85 bits per heavy atom. The fraction of sp³-hybridized carbons (Fsp3) is 0.158. The quantitative estimate of drug-likeness (QED) is 0.638. The zero-order valence-electron chi connectivity index (χ0n) is 15.0. The maximum Gasteiger partial charge on any atom is 0.244 e. The van der Waals surface area contributed by atoms with E-state index in [4.69, 9.17) is 0 Å². The number of nitrogens with one attached hydrogen (secondary N) is 2. The Morgan fingerprint density at radius 1 is 1.15 bits per heavy atom. The number of fused-ring (bicyclic) bond motifs is 1. The van der Waals surface area contributed by atoms with E-state index in [1.807, 2.05) is 35.9 Å². The highest BCUT2D eigenvalue weighted by molar-refractivity contribution is 7.92. The lowest BCUT2D eigenvalue weighted by Crippen LogP contribution is -2.22. The number of sulfonamides is 1. The largest absolute Gasteiger partial charge is 0.345 e. The summed E-state index contributed by atoms with van der Waals surface area (Å²) in [7, 11) is -1.39. The van der Waals surface area contributed by atoms with Gasteiger partial charge in [-0.15, -0.1) is 0 Å². The number of hydrogen-bond donors (Lipinski definition) is 2. The van der Waals surface area contributed by atoms with Crippen LogP contribution in [0.5, 0.6) is 0 Å². The van der Waals surface area contributed by atoms with Crippen LogP contribution in [0, 0.1) is 0 Å². The fourth-order valence-corrected chi connectivity index (χ4v) is 3.19. The molecule has 1 amide bonds. The number of aryl methyl sites for hydroxylation is 1. The Kier molecular flexibility index (Phi) is 5.27. The number of carbonyl (C=O) groups is 1. The lowest BCUT2D eigenvalue weighted by Gasteiger charge is -2.04. The number of nitrogens with zero attached hydrogens (tertiary/aromatic N) is 2. The number of hydrogen-bond acceptors (Lipinski definition) is 4. The van der Waals surface area contributed by atoms with E-state index in [2.05, 4.69) is 15.0 Å². The minimum absolute atomic E-state index is 0.236. The van der Waals surface area contributed by atoms with Crippen LogP contribution in [0.4, 0.5) is 5.69 Å². The fourth-order valence-electron chi connectivity index (χ4n) is 2.63. The van der Waals surface area contributed by atoms with E-state index in [0.29, 0.717) is 12.2 Å². The van der Waals surface area contributed by atoms with Crippen LogP contribution in [0.3, 0.4) is 0 Å². The molecule has 27 heavy (non-hydrogen) atoms. The van der Waals surface area contributed by atoms with Gasteiger partial charge in [0.05, 0.1) is 23.8 Å². The van der Waals surface area contributed by atoms with Gasteiger partial charge in [0.25, 0.3) is 0 Å². The first-order valence-corrected chi connectivity index (χ1v) is 10.1. The van der Waals surface area contributed by atoms with Crippen LogP contribution in [0.25, 0.3) is 17.1 Å². The monoisotopic (exact) mass is 384 g/mol. The molecule has 0 atom stereocenters. The molecular formula is C19H20N4O3S. The van der Waals surface area contributed by atoms with Crippen molar-refractivity contribution in [3.05, 3.63) is 66.0 Å². The zero-order chi connectivity index (χ0) is 19.4. The van der Waals surface area contributed by atoms with Crippen molar-refractivity contribution in [2.75, 3.05) is 11.0 Å². The van der Waals surface area contributed by atoms with Crippen LogP contribution < -0.4 is 10.0 Å². The summed E-state index contributed by atoms with van der Waals surface area (Å²) in [5.74, 6) is 0.537. The minimum atomic E-state index is -3.30. The van der Waals surface area contributed by atoms with Gasteiger partial charge in [-0.25, -0.2) is 13.4 Å². The van der Waals surface area contributed by atoms with Crippen molar-refractivity contribution in [2.45, 2.75) is 6.54 Å². The molecule has 2 N–H and O–H groups in total. The molecule has 0 radical (unpaired) electrons. The van der Waals surface area contributed by atoms with Gasteiger partial charge in [-0.1, -0.05) is 24.3 Å². The second-order valence-electron chi connectivity index (χ2n) is 6.12. The molecule has 0 bridgehead atoms. The summed E-state index contributed by atoms with van der Waals surface area (Å²) in [6.45, 7) is 0.325. The Balaban J connectivity index is 1.59. The Bertz CT molecular complexity index is 1100. The lowest BCUT2D eigenvalue weighted by molar-refractivity contribution is -0.116. The first-order chi connectivity index (χ1) is 12.8. The third kappa shape index (κ3) is 4.95. The third-order valence-corrected chi connectivity index (χ3v) is 4.55. The van der Waals surface area contributed by atoms with Crippen molar-refractivity contribution < 1.29 is 13.2 Å². The van der Waals surface area contributed by atoms with Gasteiger partial charge >= 0.3 is 0 Å². The van der Waals surface area contributed by atoms with Crippen molar-refractivity contribution in [1.82, 2.24) is 14.9 Å². The standard InChI is InChI=1S/C19H20N4O3S/c1-23-17-6-4-3-5-16(17)21-18(23)13-20-19(24)12-9-14-7-10-15(11-8-14)22-27(2,25)26/h3-12,22H,13H2,1-2H3,(H,20,24)/b12-9+. The average molecular weight is 384 g/mol. The van der Waals surface area contributed by atoms with Gasteiger partial charge in [0.2, 0.25) is 15.9 Å². The normalized spacial score (nSPS) is 11.8. The Labute approximate surface area is 157 Å². The lowest BCUT2D eigenvalue weighted by atomic mass is 10.2. The second kappa shape index (κ2) is 7.63. The first kappa shape index (κ1) is 18.7. The van der Waals surface area contributed by atoms with Crippen molar-refractivity contribution in [3.8, 4) is 0 Å². The van der Waals surface area contributed by atoms with Crippen LogP contribution in [-0.4, -0.2) is 30.1 Å². The van der Waals surface area contributed by atoms with E-state index >= 15 is 0 Å². The number of para-hydroxylation sites is 2. The third-order valence-electron chi connectivity index (χ3n) is 3.94. The summed E-state index contributed by atoms with van der Waals surface area (Å²) in [5.41, 5.74) is 3.16. The molecule has 8 heteroatoms. The molecular weight excluding hydrogens is 364 g/mol. The SMILES string of the molecule is Cn1c(CNC(=O)/C=C/c2ccc(NS(C)(=O)=O)cc2)nc2ccccc21. The topological polar surface area (TPSA) is 93.1 Å². The molecule has 0 unspecified atom stereocenters. The van der Waals surface area contributed by atoms with Crippen LogP contribution in [0.2, 0.25) is 0 Å². The van der Waals surface area contributed by atoms with Crippen LogP contribution in [-0.2, 0) is 28.4 Å². The van der Waals surface area contributed by atoms with Crippen molar-refractivity contribution in [2.24, 2.45) is 7.05 Å². The number of carbonyl (C=O) groups excluding carboxylic acids is 1. The molecule has 2 aromatic carbocycles. The Morgan fingerprint density at radius 3 is 2.52 bits per heavy atom. The second-order valence-corrected chi connectivity index (χ2v) is 7.87. The summed E-state index contributed by atoms with van der Waals surface area (Å²) in [5, 5.41) is 2.81. The number of imidazole rings is 1. The molecule has 0 fully saturated rings. The maximum absolute atomic E-state index is 12.0. The molecule has 3 aromatic rings. The van der Waals surface area contributed by atoms with E-state index < -0.39 is 10.0 Å². The molecule has 1 aromatic heterocycles. The predicted octanol–water partition coefficient (Wildman–Crippen LogP) is 2.27. The van der Waals surface area contributed by atoms with Gasteiger partial charge in [0.15, 0.2) is 0 Å². The van der Waals surface area contributed by atoms with E-state index in [9.17, 15) is 13.2 Å². The van der Waals surface area contributed by atoms with Crippen molar-refractivity contribution in [1.29, 1.82) is 0 Å². The molecule has 0 saturated carbocycles. The summed E-state index contributed by atoms with van der Waals surface area (Å²) >= 11 is 0. The number of aromatic nitrogens is 2. The van der Waals surface area contributed by atoms with E-state index in [1.54, 1.807) is 30.3 Å². The van der Waals surface area contributed by atoms with Crippen LogP contribution in [0.15, 0.2) is 54.6 Å². The van der Waals surface area contributed by atoms with E-state index in [-0.39, 0.29) is 5.91 Å². The molecule has 7 nitrogen and oxygen atoms in total. The van der Waals surface area contributed by atoms with Gasteiger partial charge in [-0.2, -0.15) is 0 Å².